The molecule has 0 aromatic heterocycles. The molecule has 0 fully saturated rings. The van der Waals surface area contributed by atoms with Crippen molar-refractivity contribution in [1.82, 2.24) is 0 Å². The van der Waals surface area contributed by atoms with Crippen LogP contribution in [0.4, 0.5) is 18.9 Å². The molecular weight excluding hydrogens is 233 g/mol. The van der Waals surface area contributed by atoms with E-state index < -0.39 is 11.7 Å². The topological polar surface area (TPSA) is 74.8 Å². The summed E-state index contributed by atoms with van der Waals surface area (Å²) in [6, 6.07) is 3.56. The number of rotatable bonds is 3. The molecule has 7 heteroatoms. The third-order valence-corrected chi connectivity index (χ3v) is 1.98. The highest BCUT2D eigenvalue weighted by Crippen LogP contribution is 2.34. The second-order valence-corrected chi connectivity index (χ2v) is 3.12. The molecule has 0 saturated carbocycles. The van der Waals surface area contributed by atoms with Crippen molar-refractivity contribution in [2.24, 2.45) is 5.11 Å². The van der Waals surface area contributed by atoms with Gasteiger partial charge in [-0.3, -0.25) is 0 Å². The Morgan fingerprint density at radius 1 is 1.41 bits per heavy atom. The lowest BCUT2D eigenvalue weighted by molar-refractivity contribution is -0.137. The van der Waals surface area contributed by atoms with Gasteiger partial charge in [-0.05, 0) is 17.7 Å². The molecule has 1 aromatic rings. The van der Waals surface area contributed by atoms with Crippen LogP contribution in [0.2, 0.25) is 0 Å². The van der Waals surface area contributed by atoms with Crippen LogP contribution in [0.15, 0.2) is 29.4 Å². The summed E-state index contributed by atoms with van der Waals surface area (Å²) in [5.41, 5.74) is 12.6. The number of benzene rings is 1. The van der Waals surface area contributed by atoms with E-state index in [1.807, 2.05) is 0 Å². The summed E-state index contributed by atoms with van der Waals surface area (Å²) in [4.78, 5) is 2.48. The van der Waals surface area contributed by atoms with Gasteiger partial charge in [0, 0.05) is 22.7 Å². The van der Waals surface area contributed by atoms with Crippen LogP contribution in [0.3, 0.4) is 0 Å². The summed E-state index contributed by atoms with van der Waals surface area (Å²) >= 11 is 0. The predicted octanol–water partition coefficient (Wildman–Crippen LogP) is 3.61. The van der Waals surface area contributed by atoms with Gasteiger partial charge in [0.2, 0.25) is 0 Å². The molecule has 17 heavy (non-hydrogen) atoms. The van der Waals surface area contributed by atoms with E-state index in [1.54, 1.807) is 0 Å². The number of anilines is 1. The Kier molecular flexibility index (Phi) is 4.01. The zero-order chi connectivity index (χ0) is 12.9. The van der Waals surface area contributed by atoms with Gasteiger partial charge >= 0.3 is 6.18 Å². The summed E-state index contributed by atoms with van der Waals surface area (Å²) in [5.74, 6) is 0. The first-order valence-electron chi connectivity index (χ1n) is 4.60. The number of halogens is 3. The minimum absolute atomic E-state index is 0.0250. The average molecular weight is 242 g/mol. The lowest BCUT2D eigenvalue weighted by Gasteiger charge is -2.11. The molecule has 1 rings (SSSR count). The maximum absolute atomic E-state index is 12.6. The van der Waals surface area contributed by atoms with Crippen LogP contribution in [0.5, 0.6) is 0 Å². The molecule has 1 aromatic carbocycles. The number of nitrogen functional groups attached to an aromatic ring is 1. The van der Waals surface area contributed by atoms with E-state index in [0.29, 0.717) is 0 Å². The van der Waals surface area contributed by atoms with Gasteiger partial charge in [0.25, 0.3) is 0 Å². The molecule has 90 valence electrons. The van der Waals surface area contributed by atoms with Crippen molar-refractivity contribution in [1.29, 1.82) is 0 Å². The third kappa shape index (κ3) is 3.42. The molecule has 0 bridgehead atoms. The number of alkyl halides is 3. The van der Waals surface area contributed by atoms with Gasteiger partial charge in [-0.2, -0.15) is 13.2 Å². The Morgan fingerprint density at radius 3 is 2.71 bits per heavy atom. The molecule has 0 radical (unpaired) electrons. The molecule has 0 amide bonds. The minimum atomic E-state index is -4.46. The normalized spacial score (nSPS) is 11.5. The van der Waals surface area contributed by atoms with Gasteiger partial charge in [0.1, 0.15) is 0 Å². The van der Waals surface area contributed by atoms with Crippen LogP contribution in [0.25, 0.3) is 16.5 Å². The highest BCUT2D eigenvalue weighted by atomic mass is 19.4. The second kappa shape index (κ2) is 5.27. The van der Waals surface area contributed by atoms with E-state index in [0.717, 1.165) is 6.07 Å². The van der Waals surface area contributed by atoms with Crippen molar-refractivity contribution in [2.75, 3.05) is 12.3 Å². The molecule has 0 saturated heterocycles. The smallest absolute Gasteiger partial charge is 0.398 e. The lowest BCUT2D eigenvalue weighted by atomic mass is 10.0. The Balaban J connectivity index is 3.12. The third-order valence-electron chi connectivity index (χ3n) is 1.98. The molecule has 0 aliphatic rings. The molecule has 2 N–H and O–H groups in total. The van der Waals surface area contributed by atoms with Gasteiger partial charge in [-0.25, -0.2) is 0 Å². The highest BCUT2D eigenvalue weighted by molar-refractivity contribution is 5.68. The predicted molar refractivity (Wildman–Crippen MR) is 58.9 cm³/mol. The van der Waals surface area contributed by atoms with E-state index in [-0.39, 0.29) is 17.8 Å². The maximum Gasteiger partial charge on any atom is 0.417 e. The first-order valence-corrected chi connectivity index (χ1v) is 4.60. The zero-order valence-electron chi connectivity index (χ0n) is 8.65. The SMILES string of the molecule is [N-]=[N+]=NCC=Cc1c(N)cccc1C(F)(F)F. The first kappa shape index (κ1) is 12.9. The molecule has 0 heterocycles. The van der Waals surface area contributed by atoms with Gasteiger partial charge in [-0.1, -0.05) is 23.3 Å². The van der Waals surface area contributed by atoms with Crippen LogP contribution in [0, 0.1) is 0 Å². The van der Waals surface area contributed by atoms with Crippen molar-refractivity contribution in [3.63, 3.8) is 0 Å². The van der Waals surface area contributed by atoms with E-state index in [2.05, 4.69) is 10.0 Å². The van der Waals surface area contributed by atoms with E-state index in [9.17, 15) is 13.2 Å². The lowest BCUT2D eigenvalue weighted by Crippen LogP contribution is -2.08. The quantitative estimate of drug-likeness (QED) is 0.374. The first-order chi connectivity index (χ1) is 7.96. The molecular formula is C10H9F3N4. The summed E-state index contributed by atoms with van der Waals surface area (Å²) < 4.78 is 37.9. The number of nitrogens with two attached hydrogens (primary N) is 1. The molecule has 0 aliphatic carbocycles. The summed E-state index contributed by atoms with van der Waals surface area (Å²) in [7, 11) is 0. The second-order valence-electron chi connectivity index (χ2n) is 3.12. The molecule has 0 aliphatic heterocycles. The Bertz CT molecular complexity index is 473. The molecule has 0 atom stereocenters. The minimum Gasteiger partial charge on any atom is -0.398 e. The Morgan fingerprint density at radius 2 is 2.12 bits per heavy atom. The summed E-state index contributed by atoms with van der Waals surface area (Å²) in [6.45, 7) is -0.0257. The van der Waals surface area contributed by atoms with Crippen molar-refractivity contribution in [2.45, 2.75) is 6.18 Å². The Labute approximate surface area is 95.2 Å². The fourth-order valence-corrected chi connectivity index (χ4v) is 1.27. The summed E-state index contributed by atoms with van der Waals surface area (Å²) in [5, 5.41) is 3.18. The van der Waals surface area contributed by atoms with Gasteiger partial charge in [-0.15, -0.1) is 0 Å². The van der Waals surface area contributed by atoms with Crippen LogP contribution in [-0.4, -0.2) is 6.54 Å². The molecule has 0 spiro atoms. The van der Waals surface area contributed by atoms with Crippen LogP contribution >= 0.6 is 0 Å². The Hall–Kier alpha value is -2.14. The number of hydrogen-bond donors (Lipinski definition) is 1. The highest BCUT2D eigenvalue weighted by Gasteiger charge is 2.33. The monoisotopic (exact) mass is 242 g/mol. The van der Waals surface area contributed by atoms with Gasteiger partial charge in [0.05, 0.1) is 5.56 Å². The fraction of sp³-hybridized carbons (Fsp3) is 0.200. The number of nitrogens with zero attached hydrogens (tertiary/aromatic N) is 3. The van der Waals surface area contributed by atoms with Crippen molar-refractivity contribution in [3.05, 3.63) is 45.8 Å². The van der Waals surface area contributed by atoms with Crippen LogP contribution < -0.4 is 5.73 Å². The van der Waals surface area contributed by atoms with Crippen LogP contribution in [-0.2, 0) is 6.18 Å². The number of azide groups is 1. The van der Waals surface area contributed by atoms with E-state index in [4.69, 9.17) is 11.3 Å². The van der Waals surface area contributed by atoms with Gasteiger partial charge < -0.3 is 5.73 Å². The van der Waals surface area contributed by atoms with E-state index >= 15 is 0 Å². The fourth-order valence-electron chi connectivity index (χ4n) is 1.27. The summed E-state index contributed by atoms with van der Waals surface area (Å²) in [6.07, 6.45) is -1.94. The van der Waals surface area contributed by atoms with Crippen molar-refractivity contribution < 1.29 is 13.2 Å². The standard InChI is InChI=1S/C10H9F3N4/c11-10(12,13)8-4-1-5-9(14)7(8)3-2-6-16-17-15/h1-5H,6,14H2. The van der Waals surface area contributed by atoms with Crippen LogP contribution in [0.1, 0.15) is 11.1 Å². The maximum atomic E-state index is 12.6. The number of hydrogen-bond acceptors (Lipinski definition) is 2. The van der Waals surface area contributed by atoms with Gasteiger partial charge in [0.15, 0.2) is 0 Å². The van der Waals surface area contributed by atoms with E-state index in [1.165, 1.54) is 24.3 Å². The average Bonchev–Trinajstić information content (AvgIpc) is 2.24. The largest absolute Gasteiger partial charge is 0.417 e. The van der Waals surface area contributed by atoms with Crippen molar-refractivity contribution >= 4 is 11.8 Å². The van der Waals surface area contributed by atoms with Crippen molar-refractivity contribution in [3.8, 4) is 0 Å². The molecule has 0 unspecified atom stereocenters. The molecule has 4 nitrogen and oxygen atoms in total. The zero-order valence-corrected chi connectivity index (χ0v) is 8.65.